The van der Waals surface area contributed by atoms with Crippen LogP contribution in [-0.4, -0.2) is 6.71 Å². The molecule has 0 unspecified atom stereocenters. The lowest BCUT2D eigenvalue weighted by Gasteiger charge is -2.42. The molecule has 0 saturated carbocycles. The molecule has 60 heavy (non-hydrogen) atoms. The molecule has 0 saturated heterocycles. The molecule has 0 aliphatic carbocycles. The monoisotopic (exact) mass is 760 g/mol. The molecule has 0 fully saturated rings. The highest BCUT2D eigenvalue weighted by molar-refractivity contribution is 7.00. The molecular weight excluding hydrogens is 727 g/mol. The van der Waals surface area contributed by atoms with Gasteiger partial charge < -0.3 is 14.2 Å². The zero-order valence-electron chi connectivity index (χ0n) is 32.4. The van der Waals surface area contributed by atoms with Crippen molar-refractivity contribution in [3.8, 4) is 0 Å². The maximum absolute atomic E-state index is 7.15. The van der Waals surface area contributed by atoms with E-state index in [1.165, 1.54) is 81.2 Å². The molecule has 4 heteroatoms. The molecule has 14 rings (SSSR count). The molecule has 276 valence electrons. The zero-order chi connectivity index (χ0) is 39.1. The second kappa shape index (κ2) is 11.9. The van der Waals surface area contributed by atoms with E-state index in [4.69, 9.17) is 4.42 Å². The van der Waals surface area contributed by atoms with Crippen LogP contribution in [-0.2, 0) is 0 Å². The summed E-state index contributed by atoms with van der Waals surface area (Å²) in [6, 6.07) is 73.7. The number of hydrogen-bond acceptors (Lipinski definition) is 3. The molecule has 3 nitrogen and oxygen atoms in total. The quantitative estimate of drug-likeness (QED) is 0.129. The smallest absolute Gasteiger partial charge is 0.297 e. The topological polar surface area (TPSA) is 19.6 Å². The van der Waals surface area contributed by atoms with Gasteiger partial charge in [-0.05, 0) is 119 Å². The van der Waals surface area contributed by atoms with Crippen LogP contribution in [0.15, 0.2) is 205 Å². The summed E-state index contributed by atoms with van der Waals surface area (Å²) >= 11 is 0. The lowest BCUT2D eigenvalue weighted by atomic mass is 9.35. The summed E-state index contributed by atoms with van der Waals surface area (Å²) in [6.07, 6.45) is 0. The Labute approximate surface area is 346 Å². The summed E-state index contributed by atoms with van der Waals surface area (Å²) in [5.74, 6) is 0. The van der Waals surface area contributed by atoms with Crippen LogP contribution >= 0.6 is 0 Å². The fourth-order valence-corrected chi connectivity index (χ4v) is 11.0. The van der Waals surface area contributed by atoms with E-state index in [-0.39, 0.29) is 6.71 Å². The lowest BCUT2D eigenvalue weighted by molar-refractivity contribution is 0.651. The van der Waals surface area contributed by atoms with Crippen molar-refractivity contribution >= 4 is 133 Å². The molecule has 2 aliphatic rings. The van der Waals surface area contributed by atoms with Crippen LogP contribution in [0.1, 0.15) is 0 Å². The Morgan fingerprint density at radius 3 is 1.45 bits per heavy atom. The molecule has 0 amide bonds. The molecule has 12 aromatic rings. The fourth-order valence-electron chi connectivity index (χ4n) is 11.0. The van der Waals surface area contributed by atoms with Crippen molar-refractivity contribution in [2.24, 2.45) is 0 Å². The predicted molar refractivity (Wildman–Crippen MR) is 255 cm³/mol. The van der Waals surface area contributed by atoms with Crippen molar-refractivity contribution in [2.45, 2.75) is 0 Å². The van der Waals surface area contributed by atoms with Gasteiger partial charge >= 0.3 is 0 Å². The number of hydrogen-bond donors (Lipinski definition) is 0. The number of para-hydroxylation sites is 2. The fraction of sp³-hybridized carbons (Fsp3) is 0. The van der Waals surface area contributed by atoms with Gasteiger partial charge in [0.25, 0.3) is 6.71 Å². The average molecular weight is 761 g/mol. The predicted octanol–water partition coefficient (Wildman–Crippen LogP) is 13.4. The van der Waals surface area contributed by atoms with Crippen LogP contribution in [0.4, 0.5) is 34.1 Å². The van der Waals surface area contributed by atoms with E-state index in [1.54, 1.807) is 0 Å². The highest BCUT2D eigenvalue weighted by atomic mass is 16.3. The Hall–Kier alpha value is -7.82. The summed E-state index contributed by atoms with van der Waals surface area (Å²) in [5.41, 5.74) is 11.2. The lowest BCUT2D eigenvalue weighted by Crippen LogP contribution is -2.60. The van der Waals surface area contributed by atoms with Crippen LogP contribution in [0, 0.1) is 0 Å². The van der Waals surface area contributed by atoms with E-state index in [9.17, 15) is 0 Å². The highest BCUT2D eigenvalue weighted by Crippen LogP contribution is 2.50. The molecule has 0 radical (unpaired) electrons. The van der Waals surface area contributed by atoms with Gasteiger partial charge in [-0.1, -0.05) is 152 Å². The number of furan rings is 1. The minimum Gasteiger partial charge on any atom is -0.468 e. The maximum atomic E-state index is 7.15. The Morgan fingerprint density at radius 1 is 0.333 bits per heavy atom. The molecular formula is C56H33BN2O. The second-order valence-electron chi connectivity index (χ2n) is 16.3. The number of benzene rings is 11. The van der Waals surface area contributed by atoms with Crippen molar-refractivity contribution < 1.29 is 4.42 Å². The van der Waals surface area contributed by atoms with Crippen molar-refractivity contribution in [1.82, 2.24) is 0 Å². The van der Waals surface area contributed by atoms with Crippen molar-refractivity contribution in [2.75, 3.05) is 9.80 Å². The molecule has 0 bridgehead atoms. The van der Waals surface area contributed by atoms with Gasteiger partial charge in [-0.25, -0.2) is 0 Å². The summed E-state index contributed by atoms with van der Waals surface area (Å²) in [5, 5.41) is 16.2. The van der Waals surface area contributed by atoms with Gasteiger partial charge in [-0.2, -0.15) is 0 Å². The summed E-state index contributed by atoms with van der Waals surface area (Å²) in [7, 11) is 0. The Bertz CT molecular complexity index is 3750. The number of rotatable bonds is 2. The third kappa shape index (κ3) is 4.14. The van der Waals surface area contributed by atoms with Crippen LogP contribution in [0.25, 0.3) is 75.6 Å². The average Bonchev–Trinajstić information content (AvgIpc) is 3.70. The van der Waals surface area contributed by atoms with E-state index in [0.29, 0.717) is 0 Å². The van der Waals surface area contributed by atoms with Crippen LogP contribution in [0.5, 0.6) is 0 Å². The molecule has 0 N–H and O–H groups in total. The van der Waals surface area contributed by atoms with E-state index < -0.39 is 0 Å². The normalized spacial score (nSPS) is 13.2. The number of anilines is 6. The van der Waals surface area contributed by atoms with Gasteiger partial charge in [-0.3, -0.25) is 0 Å². The van der Waals surface area contributed by atoms with Gasteiger partial charge in [0.05, 0.1) is 17.0 Å². The SMILES string of the molecule is c1ccc2c(c1)B1c3oc4ccccc4c3N(c3cccc4c5ccccc5c5ccccc5c34)c3cccc(c31)N2c1ccc2c3ccccc3c3ccccc3c2c1. The molecule has 0 spiro atoms. The first-order chi connectivity index (χ1) is 29.8. The van der Waals surface area contributed by atoms with Gasteiger partial charge in [0, 0.05) is 33.5 Å². The first kappa shape index (κ1) is 32.2. The van der Waals surface area contributed by atoms with Crippen LogP contribution in [0.3, 0.4) is 0 Å². The number of fused-ring (bicyclic) bond motifs is 18. The van der Waals surface area contributed by atoms with Crippen molar-refractivity contribution in [3.05, 3.63) is 200 Å². The van der Waals surface area contributed by atoms with E-state index >= 15 is 0 Å². The maximum Gasteiger partial charge on any atom is 0.297 e. The molecule has 2 aliphatic heterocycles. The standard InChI is InChI=1S/C56H33BN2O/c1-2-17-37-35(15-1)36-16-4-6-21-41(36)46-33-34(31-32-42(37)46)58-48-26-11-10-25-47(48)57-54-50(58)28-14-29-51(54)59(55-45-23-9-12-30-52(45)60-56(55)57)49-27-13-24-44-40-19-5-3-18-38(40)39-20-7-8-22-43(39)53(44)49/h1-33H. The minimum atomic E-state index is -0.111. The highest BCUT2D eigenvalue weighted by Gasteiger charge is 2.46. The largest absolute Gasteiger partial charge is 0.468 e. The van der Waals surface area contributed by atoms with Crippen LogP contribution < -0.4 is 26.4 Å². The summed E-state index contributed by atoms with van der Waals surface area (Å²) < 4.78 is 7.15. The zero-order valence-corrected chi connectivity index (χ0v) is 32.4. The van der Waals surface area contributed by atoms with Gasteiger partial charge in [0.15, 0.2) is 0 Å². The third-order valence-corrected chi connectivity index (χ3v) is 13.4. The van der Waals surface area contributed by atoms with E-state index in [2.05, 4.69) is 210 Å². The first-order valence-corrected chi connectivity index (χ1v) is 20.8. The van der Waals surface area contributed by atoms with Gasteiger partial charge in [0.2, 0.25) is 0 Å². The molecule has 3 heterocycles. The van der Waals surface area contributed by atoms with Crippen molar-refractivity contribution in [3.63, 3.8) is 0 Å². The number of nitrogens with zero attached hydrogens (tertiary/aromatic N) is 2. The van der Waals surface area contributed by atoms with Gasteiger partial charge in [0.1, 0.15) is 5.58 Å². The first-order valence-electron chi connectivity index (χ1n) is 20.8. The van der Waals surface area contributed by atoms with Gasteiger partial charge in [-0.15, -0.1) is 0 Å². The van der Waals surface area contributed by atoms with Crippen molar-refractivity contribution in [1.29, 1.82) is 0 Å². The Morgan fingerprint density at radius 2 is 0.783 bits per heavy atom. The van der Waals surface area contributed by atoms with Crippen LogP contribution in [0.2, 0.25) is 0 Å². The second-order valence-corrected chi connectivity index (χ2v) is 16.3. The Balaban J connectivity index is 1.09. The van der Waals surface area contributed by atoms with E-state index in [1.807, 2.05) is 0 Å². The molecule has 0 atom stereocenters. The Kier molecular flexibility index (Phi) is 6.37. The minimum absolute atomic E-state index is 0.111. The summed E-state index contributed by atoms with van der Waals surface area (Å²) in [4.78, 5) is 5.01. The molecule has 11 aromatic carbocycles. The van der Waals surface area contributed by atoms with E-state index in [0.717, 1.165) is 45.1 Å². The molecule has 1 aromatic heterocycles. The third-order valence-electron chi connectivity index (χ3n) is 13.4. The summed E-state index contributed by atoms with van der Waals surface area (Å²) in [6.45, 7) is -0.111.